The summed E-state index contributed by atoms with van der Waals surface area (Å²) in [6, 6.07) is 4.79. The molecule has 0 atom stereocenters. The molecule has 0 bridgehead atoms. The van der Waals surface area contributed by atoms with E-state index in [1.54, 1.807) is 12.1 Å². The number of ether oxygens (including phenoxy) is 1. The second-order valence-corrected chi connectivity index (χ2v) is 4.80. The van der Waals surface area contributed by atoms with Crippen LogP contribution in [0.15, 0.2) is 18.2 Å². The smallest absolute Gasteiger partial charge is 0.220 e. The van der Waals surface area contributed by atoms with Gasteiger partial charge in [-0.1, -0.05) is 6.07 Å². The summed E-state index contributed by atoms with van der Waals surface area (Å²) in [6.07, 6.45) is 0.918. The first-order chi connectivity index (χ1) is 9.19. The lowest BCUT2D eigenvalue weighted by Crippen LogP contribution is -2.48. The minimum atomic E-state index is -0.388. The molecule has 0 radical (unpaired) electrons. The summed E-state index contributed by atoms with van der Waals surface area (Å²) in [5, 5.41) is 6.05. The number of hydrogen-bond donors (Lipinski definition) is 2. The van der Waals surface area contributed by atoms with Crippen LogP contribution in [0.1, 0.15) is 12.0 Å². The summed E-state index contributed by atoms with van der Waals surface area (Å²) in [4.78, 5) is 11.6. The molecule has 0 saturated carbocycles. The van der Waals surface area contributed by atoms with Crippen LogP contribution in [0, 0.1) is 11.7 Å². The van der Waals surface area contributed by atoms with E-state index in [1.807, 2.05) is 0 Å². The Kier molecular flexibility index (Phi) is 4.74. The first kappa shape index (κ1) is 13.8. The van der Waals surface area contributed by atoms with Crippen LogP contribution in [0.5, 0.6) is 5.75 Å². The van der Waals surface area contributed by atoms with Crippen LogP contribution in [0.3, 0.4) is 0 Å². The Morgan fingerprint density at radius 3 is 2.89 bits per heavy atom. The van der Waals surface area contributed by atoms with Gasteiger partial charge in [-0.25, -0.2) is 4.39 Å². The van der Waals surface area contributed by atoms with E-state index in [0.29, 0.717) is 18.8 Å². The molecule has 0 aromatic heterocycles. The first-order valence-corrected chi connectivity index (χ1v) is 6.49. The number of rotatable bonds is 6. The van der Waals surface area contributed by atoms with Crippen molar-refractivity contribution in [1.82, 2.24) is 10.6 Å². The molecule has 1 heterocycles. The predicted molar refractivity (Wildman–Crippen MR) is 70.6 cm³/mol. The molecule has 2 N–H and O–H groups in total. The third kappa shape index (κ3) is 3.92. The van der Waals surface area contributed by atoms with Crippen LogP contribution in [0.25, 0.3) is 0 Å². The van der Waals surface area contributed by atoms with Gasteiger partial charge in [0, 0.05) is 32.0 Å². The average molecular weight is 266 g/mol. The number of carbonyl (C=O) groups excluding carboxylic acids is 1. The van der Waals surface area contributed by atoms with E-state index in [0.717, 1.165) is 25.2 Å². The van der Waals surface area contributed by atoms with Gasteiger partial charge in [0.2, 0.25) is 5.91 Å². The fourth-order valence-corrected chi connectivity index (χ4v) is 1.96. The van der Waals surface area contributed by atoms with Crippen molar-refractivity contribution in [3.8, 4) is 5.75 Å². The molecular formula is C14H19FN2O2. The first-order valence-electron chi connectivity index (χ1n) is 6.49. The Morgan fingerprint density at radius 2 is 2.32 bits per heavy atom. The van der Waals surface area contributed by atoms with Crippen molar-refractivity contribution < 1.29 is 13.9 Å². The molecule has 0 aliphatic carbocycles. The molecule has 1 amide bonds. The Labute approximate surface area is 112 Å². The summed E-state index contributed by atoms with van der Waals surface area (Å²) in [5.41, 5.74) is 0.804. The van der Waals surface area contributed by atoms with Crippen molar-refractivity contribution in [2.24, 2.45) is 5.92 Å². The van der Waals surface area contributed by atoms with Gasteiger partial charge in [0.05, 0.1) is 7.11 Å². The maximum atomic E-state index is 13.4. The second-order valence-electron chi connectivity index (χ2n) is 4.80. The average Bonchev–Trinajstić information content (AvgIpc) is 2.34. The van der Waals surface area contributed by atoms with Gasteiger partial charge < -0.3 is 15.4 Å². The summed E-state index contributed by atoms with van der Waals surface area (Å²) in [6.45, 7) is 2.68. The van der Waals surface area contributed by atoms with E-state index < -0.39 is 0 Å². The summed E-state index contributed by atoms with van der Waals surface area (Å²) in [7, 11) is 1.43. The van der Waals surface area contributed by atoms with Crippen LogP contribution in [-0.4, -0.2) is 32.7 Å². The molecule has 4 nitrogen and oxygen atoms in total. The normalized spacial score (nSPS) is 14.8. The largest absolute Gasteiger partial charge is 0.494 e. The minimum absolute atomic E-state index is 0.0168. The molecule has 0 spiro atoms. The van der Waals surface area contributed by atoms with Gasteiger partial charge in [0.1, 0.15) is 0 Å². The molecular weight excluding hydrogens is 247 g/mol. The van der Waals surface area contributed by atoms with Gasteiger partial charge in [0.25, 0.3) is 0 Å². The standard InChI is InChI=1S/C14H19FN2O2/c1-19-13-4-2-10(6-12(13)15)3-5-14(18)17-9-11-7-16-8-11/h2,4,6,11,16H,3,5,7-9H2,1H3,(H,17,18). The second kappa shape index (κ2) is 6.52. The Balaban J connectivity index is 1.74. The number of nitrogens with one attached hydrogen (secondary N) is 2. The number of carbonyl (C=O) groups is 1. The van der Waals surface area contributed by atoms with Crippen molar-refractivity contribution in [2.45, 2.75) is 12.8 Å². The van der Waals surface area contributed by atoms with Crippen molar-refractivity contribution in [2.75, 3.05) is 26.7 Å². The maximum absolute atomic E-state index is 13.4. The summed E-state index contributed by atoms with van der Waals surface area (Å²) >= 11 is 0. The van der Waals surface area contributed by atoms with Crippen molar-refractivity contribution in [3.63, 3.8) is 0 Å². The number of hydrogen-bond acceptors (Lipinski definition) is 3. The molecule has 5 heteroatoms. The zero-order valence-electron chi connectivity index (χ0n) is 11.0. The number of benzene rings is 1. The van der Waals surface area contributed by atoms with E-state index in [1.165, 1.54) is 13.2 Å². The fraction of sp³-hybridized carbons (Fsp3) is 0.500. The van der Waals surface area contributed by atoms with Crippen LogP contribution in [-0.2, 0) is 11.2 Å². The fourth-order valence-electron chi connectivity index (χ4n) is 1.96. The number of amides is 1. The van der Waals surface area contributed by atoms with Crippen LogP contribution < -0.4 is 15.4 Å². The zero-order chi connectivity index (χ0) is 13.7. The molecule has 1 aliphatic heterocycles. The van der Waals surface area contributed by atoms with Crippen LogP contribution in [0.2, 0.25) is 0 Å². The summed E-state index contributed by atoms with van der Waals surface area (Å²) < 4.78 is 18.3. The number of halogens is 1. The Morgan fingerprint density at radius 1 is 1.53 bits per heavy atom. The van der Waals surface area contributed by atoms with E-state index in [-0.39, 0.29) is 17.5 Å². The Hall–Kier alpha value is -1.62. The van der Waals surface area contributed by atoms with Crippen molar-refractivity contribution in [3.05, 3.63) is 29.6 Å². The highest BCUT2D eigenvalue weighted by Gasteiger charge is 2.16. The lowest BCUT2D eigenvalue weighted by molar-refractivity contribution is -0.121. The van der Waals surface area contributed by atoms with Crippen LogP contribution >= 0.6 is 0 Å². The monoisotopic (exact) mass is 266 g/mol. The van der Waals surface area contributed by atoms with Gasteiger partial charge >= 0.3 is 0 Å². The zero-order valence-corrected chi connectivity index (χ0v) is 11.0. The van der Waals surface area contributed by atoms with Gasteiger partial charge in [-0.3, -0.25) is 4.79 Å². The highest BCUT2D eigenvalue weighted by molar-refractivity contribution is 5.76. The van der Waals surface area contributed by atoms with Crippen LogP contribution in [0.4, 0.5) is 4.39 Å². The molecule has 19 heavy (non-hydrogen) atoms. The summed E-state index contributed by atoms with van der Waals surface area (Å²) in [5.74, 6) is 0.414. The highest BCUT2D eigenvalue weighted by atomic mass is 19.1. The SMILES string of the molecule is COc1ccc(CCC(=O)NCC2CNC2)cc1F. The van der Waals surface area contributed by atoms with Crippen molar-refractivity contribution >= 4 is 5.91 Å². The molecule has 1 aliphatic rings. The molecule has 104 valence electrons. The highest BCUT2D eigenvalue weighted by Crippen LogP contribution is 2.18. The lowest BCUT2D eigenvalue weighted by atomic mass is 10.0. The minimum Gasteiger partial charge on any atom is -0.494 e. The number of aryl methyl sites for hydroxylation is 1. The predicted octanol–water partition coefficient (Wildman–Crippen LogP) is 1.10. The third-order valence-electron chi connectivity index (χ3n) is 3.31. The van der Waals surface area contributed by atoms with Gasteiger partial charge in [-0.2, -0.15) is 0 Å². The Bertz CT molecular complexity index is 447. The third-order valence-corrected chi connectivity index (χ3v) is 3.31. The van der Waals surface area contributed by atoms with E-state index >= 15 is 0 Å². The molecule has 1 aromatic rings. The molecule has 1 fully saturated rings. The quantitative estimate of drug-likeness (QED) is 0.810. The molecule has 1 aromatic carbocycles. The van der Waals surface area contributed by atoms with E-state index in [4.69, 9.17) is 4.74 Å². The van der Waals surface area contributed by atoms with Gasteiger partial charge in [0.15, 0.2) is 11.6 Å². The van der Waals surface area contributed by atoms with Gasteiger partial charge in [-0.05, 0) is 24.1 Å². The molecule has 2 rings (SSSR count). The molecule has 0 unspecified atom stereocenters. The lowest BCUT2D eigenvalue weighted by Gasteiger charge is -2.27. The maximum Gasteiger partial charge on any atom is 0.220 e. The van der Waals surface area contributed by atoms with Gasteiger partial charge in [-0.15, -0.1) is 0 Å². The van der Waals surface area contributed by atoms with E-state index in [2.05, 4.69) is 10.6 Å². The molecule has 1 saturated heterocycles. The van der Waals surface area contributed by atoms with Crippen molar-refractivity contribution in [1.29, 1.82) is 0 Å². The topological polar surface area (TPSA) is 50.4 Å². The number of methoxy groups -OCH3 is 1. The van der Waals surface area contributed by atoms with E-state index in [9.17, 15) is 9.18 Å².